The van der Waals surface area contributed by atoms with E-state index in [1.807, 2.05) is 0 Å². The molecule has 0 aliphatic heterocycles. The van der Waals surface area contributed by atoms with Gasteiger partial charge in [0.2, 0.25) is 0 Å². The largest absolute Gasteiger partial charge is 0.396 e. The number of aliphatic hydroxyl groups is 1. The molecule has 134 valence electrons. The summed E-state index contributed by atoms with van der Waals surface area (Å²) in [5.41, 5.74) is 1.60. The fourth-order valence-electron chi connectivity index (χ4n) is 4.20. The predicted molar refractivity (Wildman–Crippen MR) is 105 cm³/mol. The Morgan fingerprint density at radius 3 is 2.56 bits per heavy atom. The van der Waals surface area contributed by atoms with Gasteiger partial charge in [0.05, 0.1) is 11.5 Å². The third-order valence-corrected chi connectivity index (χ3v) is 6.33. The topological polar surface area (TPSA) is 49.0 Å². The van der Waals surface area contributed by atoms with Crippen molar-refractivity contribution in [3.8, 4) is 6.07 Å². The number of aromatic nitrogens is 1. The molecule has 1 aromatic carbocycles. The number of nitrogens with zero attached hydrogens (tertiary/aromatic N) is 2. The lowest BCUT2D eigenvalue weighted by atomic mass is 9.72. The standard InChI is InChI=1S/C21H27BrN2O/c1-20(2,14-25)13-24-11-18(17-9-8-16(22)10-19(17)24)21(3,12-23)15-6-4-5-7-15/h8-11,15,25H,4-7,13-14H2,1-3H3. The zero-order valence-electron chi connectivity index (χ0n) is 15.3. The first-order chi connectivity index (χ1) is 11.8. The van der Waals surface area contributed by atoms with Crippen LogP contribution >= 0.6 is 15.9 Å². The molecule has 1 aliphatic carbocycles. The third-order valence-electron chi connectivity index (χ3n) is 5.83. The Balaban J connectivity index is 2.17. The third kappa shape index (κ3) is 3.37. The van der Waals surface area contributed by atoms with Crippen LogP contribution in [0.25, 0.3) is 10.9 Å². The van der Waals surface area contributed by atoms with E-state index in [0.717, 1.165) is 40.3 Å². The number of nitriles is 1. The molecule has 0 bridgehead atoms. The smallest absolute Gasteiger partial charge is 0.0842 e. The van der Waals surface area contributed by atoms with Gasteiger partial charge in [0.25, 0.3) is 0 Å². The van der Waals surface area contributed by atoms with Crippen LogP contribution in [0.5, 0.6) is 0 Å². The van der Waals surface area contributed by atoms with E-state index < -0.39 is 5.41 Å². The van der Waals surface area contributed by atoms with Crippen molar-refractivity contribution >= 4 is 26.8 Å². The average Bonchev–Trinajstić information content (AvgIpc) is 3.23. The Labute approximate surface area is 158 Å². The number of aliphatic hydroxyl groups excluding tert-OH is 1. The minimum absolute atomic E-state index is 0.133. The van der Waals surface area contributed by atoms with Crippen LogP contribution in [0.15, 0.2) is 28.9 Å². The minimum atomic E-state index is -0.461. The van der Waals surface area contributed by atoms with Crippen molar-refractivity contribution in [2.24, 2.45) is 11.3 Å². The molecule has 1 heterocycles. The van der Waals surface area contributed by atoms with Crippen LogP contribution in [0.1, 0.15) is 52.0 Å². The van der Waals surface area contributed by atoms with Crippen LogP contribution in [-0.4, -0.2) is 16.3 Å². The molecule has 1 fully saturated rings. The minimum Gasteiger partial charge on any atom is -0.396 e. The molecule has 0 amide bonds. The number of benzene rings is 1. The average molecular weight is 403 g/mol. The Morgan fingerprint density at radius 1 is 1.28 bits per heavy atom. The van der Waals surface area contributed by atoms with Gasteiger partial charge in [-0.25, -0.2) is 0 Å². The summed E-state index contributed by atoms with van der Waals surface area (Å²) in [4.78, 5) is 0. The van der Waals surface area contributed by atoms with Gasteiger partial charge in [0.15, 0.2) is 0 Å². The highest BCUT2D eigenvalue weighted by Gasteiger charge is 2.40. The number of rotatable bonds is 5. The molecule has 25 heavy (non-hydrogen) atoms. The second-order valence-corrected chi connectivity index (χ2v) is 9.37. The molecule has 3 nitrogen and oxygen atoms in total. The molecular weight excluding hydrogens is 376 g/mol. The van der Waals surface area contributed by atoms with Crippen molar-refractivity contribution in [2.45, 2.75) is 58.4 Å². The van der Waals surface area contributed by atoms with Gasteiger partial charge < -0.3 is 9.67 Å². The van der Waals surface area contributed by atoms with Crippen LogP contribution in [-0.2, 0) is 12.0 Å². The number of halogens is 1. The number of fused-ring (bicyclic) bond motifs is 1. The first-order valence-electron chi connectivity index (χ1n) is 9.12. The maximum absolute atomic E-state index is 10.1. The summed E-state index contributed by atoms with van der Waals surface area (Å²) in [6, 6.07) is 8.96. The van der Waals surface area contributed by atoms with Gasteiger partial charge in [0, 0.05) is 40.1 Å². The van der Waals surface area contributed by atoms with Gasteiger partial charge in [-0.1, -0.05) is 48.7 Å². The van der Waals surface area contributed by atoms with E-state index in [1.54, 1.807) is 0 Å². The van der Waals surface area contributed by atoms with Crippen LogP contribution in [0.2, 0.25) is 0 Å². The molecule has 4 heteroatoms. The Hall–Kier alpha value is -1.31. The fraction of sp³-hybridized carbons (Fsp3) is 0.571. The van der Waals surface area contributed by atoms with Gasteiger partial charge in [-0.3, -0.25) is 0 Å². The summed E-state index contributed by atoms with van der Waals surface area (Å²) < 4.78 is 3.25. The monoisotopic (exact) mass is 402 g/mol. The van der Waals surface area contributed by atoms with E-state index in [1.165, 1.54) is 12.8 Å². The molecule has 1 saturated carbocycles. The Bertz CT molecular complexity index is 811. The first-order valence-corrected chi connectivity index (χ1v) is 9.91. The molecule has 1 aromatic heterocycles. The molecular formula is C21H27BrN2O. The van der Waals surface area contributed by atoms with Gasteiger partial charge in [-0.15, -0.1) is 0 Å². The zero-order chi connectivity index (χ0) is 18.2. The molecule has 1 aliphatic rings. The normalized spacial score (nSPS) is 18.4. The molecule has 0 saturated heterocycles. The lowest BCUT2D eigenvalue weighted by molar-refractivity contribution is 0.142. The predicted octanol–water partition coefficient (Wildman–Crippen LogP) is 5.39. The van der Waals surface area contributed by atoms with E-state index in [4.69, 9.17) is 0 Å². The summed E-state index contributed by atoms with van der Waals surface area (Å²) in [7, 11) is 0. The molecule has 1 atom stereocenters. The van der Waals surface area contributed by atoms with Crippen LogP contribution in [0, 0.1) is 22.7 Å². The van der Waals surface area contributed by atoms with E-state index in [-0.39, 0.29) is 12.0 Å². The van der Waals surface area contributed by atoms with Crippen molar-refractivity contribution in [3.05, 3.63) is 34.4 Å². The quantitative estimate of drug-likeness (QED) is 0.727. The van der Waals surface area contributed by atoms with Crippen molar-refractivity contribution in [2.75, 3.05) is 6.61 Å². The number of hydrogen-bond acceptors (Lipinski definition) is 2. The lowest BCUT2D eigenvalue weighted by Crippen LogP contribution is -2.28. The van der Waals surface area contributed by atoms with E-state index in [0.29, 0.717) is 5.92 Å². The highest BCUT2D eigenvalue weighted by molar-refractivity contribution is 9.10. The summed E-state index contributed by atoms with van der Waals surface area (Å²) in [6.45, 7) is 7.10. The van der Waals surface area contributed by atoms with Crippen LogP contribution in [0.4, 0.5) is 0 Å². The second-order valence-electron chi connectivity index (χ2n) is 8.45. The van der Waals surface area contributed by atoms with Gasteiger partial charge >= 0.3 is 0 Å². The Kier molecular flexibility index (Phi) is 5.01. The SMILES string of the molecule is CC(C)(CO)Cn1cc(C(C)(C#N)C2CCCC2)c2ccc(Br)cc21. The molecule has 1 unspecified atom stereocenters. The van der Waals surface area contributed by atoms with Crippen molar-refractivity contribution in [3.63, 3.8) is 0 Å². The lowest BCUT2D eigenvalue weighted by Gasteiger charge is -2.28. The highest BCUT2D eigenvalue weighted by Crippen LogP contribution is 2.45. The van der Waals surface area contributed by atoms with Gasteiger partial charge in [-0.2, -0.15) is 5.26 Å². The number of hydrogen-bond donors (Lipinski definition) is 1. The van der Waals surface area contributed by atoms with Crippen molar-refractivity contribution in [1.29, 1.82) is 5.26 Å². The summed E-state index contributed by atoms with van der Waals surface area (Å²) >= 11 is 3.58. The molecule has 2 aromatic rings. The Morgan fingerprint density at radius 2 is 1.96 bits per heavy atom. The van der Waals surface area contributed by atoms with E-state index >= 15 is 0 Å². The zero-order valence-corrected chi connectivity index (χ0v) is 16.9. The molecule has 0 radical (unpaired) electrons. The van der Waals surface area contributed by atoms with Crippen LogP contribution in [0.3, 0.4) is 0 Å². The van der Waals surface area contributed by atoms with Crippen LogP contribution < -0.4 is 0 Å². The second kappa shape index (κ2) is 6.78. The van der Waals surface area contributed by atoms with Gasteiger partial charge in [0.1, 0.15) is 0 Å². The van der Waals surface area contributed by atoms with Gasteiger partial charge in [-0.05, 0) is 43.4 Å². The maximum atomic E-state index is 10.1. The highest BCUT2D eigenvalue weighted by atomic mass is 79.9. The van der Waals surface area contributed by atoms with Crippen molar-refractivity contribution in [1.82, 2.24) is 4.57 Å². The molecule has 0 spiro atoms. The summed E-state index contributed by atoms with van der Waals surface area (Å²) in [5, 5.41) is 20.9. The molecule has 1 N–H and O–H groups in total. The van der Waals surface area contributed by atoms with E-state index in [2.05, 4.69) is 71.7 Å². The summed E-state index contributed by atoms with van der Waals surface area (Å²) in [5.74, 6) is 0.422. The maximum Gasteiger partial charge on any atom is 0.0842 e. The molecule has 3 rings (SSSR count). The van der Waals surface area contributed by atoms with Crippen molar-refractivity contribution < 1.29 is 5.11 Å². The fourth-order valence-corrected chi connectivity index (χ4v) is 4.54. The summed E-state index contributed by atoms with van der Waals surface area (Å²) in [6.07, 6.45) is 6.88. The van der Waals surface area contributed by atoms with E-state index in [9.17, 15) is 10.4 Å². The first kappa shape index (κ1) is 18.5.